The van der Waals surface area contributed by atoms with Crippen molar-refractivity contribution in [2.45, 2.75) is 51.6 Å². The molecule has 0 amide bonds. The topological polar surface area (TPSA) is 245 Å². The first-order valence-corrected chi connectivity index (χ1v) is 16.5. The molecule has 0 spiro atoms. The summed E-state index contributed by atoms with van der Waals surface area (Å²) in [6.45, 7) is 6.88. The number of nitrogens with one attached hydrogen (secondary N) is 1. The van der Waals surface area contributed by atoms with Crippen LogP contribution >= 0.6 is 0 Å². The maximum Gasteiger partial charge on any atom is 0.452 e. The molecule has 0 bridgehead atoms. The molecule has 8 N–H and O–H groups in total. The van der Waals surface area contributed by atoms with Crippen molar-refractivity contribution in [2.24, 2.45) is 5.73 Å². The van der Waals surface area contributed by atoms with E-state index in [1.165, 1.54) is 5.56 Å². The van der Waals surface area contributed by atoms with Gasteiger partial charge in [0.05, 0.1) is 6.54 Å². The van der Waals surface area contributed by atoms with E-state index in [0.717, 1.165) is 42.7 Å². The largest absolute Gasteiger partial charge is 0.482 e. The number of anilines is 1. The summed E-state index contributed by atoms with van der Waals surface area (Å²) in [5.41, 5.74) is 10.3. The number of nitrogens with zero attached hydrogens (tertiary/aromatic N) is 2. The van der Waals surface area contributed by atoms with Gasteiger partial charge in [-0.25, -0.2) is 15.3 Å². The molecule has 1 aliphatic heterocycles. The summed E-state index contributed by atoms with van der Waals surface area (Å²) in [6, 6.07) is 23.6. The molecule has 0 aliphatic carbocycles. The van der Waals surface area contributed by atoms with Crippen molar-refractivity contribution >= 4 is 33.7 Å². The summed E-state index contributed by atoms with van der Waals surface area (Å²) in [7, 11) is -4.55. The van der Waals surface area contributed by atoms with Gasteiger partial charge in [0.1, 0.15) is 11.6 Å². The molecule has 0 saturated carbocycles. The van der Waals surface area contributed by atoms with Crippen molar-refractivity contribution in [1.29, 1.82) is 5.41 Å². The summed E-state index contributed by atoms with van der Waals surface area (Å²) in [5, 5.41) is 31.2. The molecule has 1 heterocycles. The highest BCUT2D eigenvalue weighted by atomic mass is 32.3. The minimum Gasteiger partial charge on any atom is -0.482 e. The third-order valence-electron chi connectivity index (χ3n) is 7.82. The normalized spacial score (nSPS) is 13.5. The molecule has 15 nitrogen and oxygen atoms in total. The summed E-state index contributed by atoms with van der Waals surface area (Å²) in [6.07, 6.45) is 2.64. The number of Topliss-reactive ketones (excluding diaryl/α,β-unsaturated/α-hetero) is 1. The number of rotatable bonds is 15. The van der Waals surface area contributed by atoms with Gasteiger partial charge in [-0.1, -0.05) is 57.2 Å². The number of ketones is 1. The summed E-state index contributed by atoms with van der Waals surface area (Å²) in [4.78, 5) is 28.7. The van der Waals surface area contributed by atoms with E-state index in [1.54, 1.807) is 30.3 Å². The zero-order valence-electron chi connectivity index (χ0n) is 27.3. The Kier molecular flexibility index (Phi) is 16.3. The number of amidine groups is 1. The average molecular weight is 709 g/mol. The number of carbonyl (C=O) groups is 2. The number of hydrogen-bond acceptors (Lipinski definition) is 12. The van der Waals surface area contributed by atoms with Crippen molar-refractivity contribution in [1.82, 2.24) is 4.90 Å². The molecule has 16 heteroatoms. The van der Waals surface area contributed by atoms with Gasteiger partial charge < -0.3 is 30.9 Å². The quantitative estimate of drug-likeness (QED) is 0.0655. The van der Waals surface area contributed by atoms with Crippen LogP contribution in [0.3, 0.4) is 0 Å². The molecule has 0 radical (unpaired) electrons. The van der Waals surface area contributed by atoms with Crippen LogP contribution in [0.5, 0.6) is 5.75 Å². The van der Waals surface area contributed by atoms with Gasteiger partial charge in [0.15, 0.2) is 12.4 Å². The molecule has 3 aromatic carbocycles. The highest BCUT2D eigenvalue weighted by molar-refractivity contribution is 7.81. The SMILES string of the molecule is CC(C)N1CCC(c2ccc(CC(=O)CN(Cc3cccc(OCC(=O)O)c3)c3cccc(C(=N)N)c3)cc2)CC1.O.O=S(=O)(OO)OO.[HH].[HH]. The first kappa shape index (κ1) is 40.8. The van der Waals surface area contributed by atoms with E-state index in [4.69, 9.17) is 31.5 Å². The second-order valence-corrected chi connectivity index (χ2v) is 12.7. The maximum atomic E-state index is 13.3. The molecule has 0 aromatic heterocycles. The Labute approximate surface area is 288 Å². The standard InChI is InChI=1S/C33H40N4O4.H2O6S.H2O.2H2/c1-23(2)36-15-13-27(14-16-36)26-11-9-24(10-12-26)17-30(38)21-37(29-7-4-6-28(19-29)33(34)35)20-25-5-3-8-31(18-25)41-22-32(39)40;1-5-7(3,4)6-2;;;/h3-12,18-19,23,27H,13-17,20-22H2,1-2H3,(H3,34,35)(H,39,40);1-2H;1H2;2*1H. The van der Waals surface area contributed by atoms with Crippen LogP contribution in [-0.2, 0) is 41.6 Å². The van der Waals surface area contributed by atoms with Crippen LogP contribution in [0.2, 0.25) is 0 Å². The Balaban J connectivity index is 0.00000227. The van der Waals surface area contributed by atoms with Gasteiger partial charge in [0.25, 0.3) is 0 Å². The van der Waals surface area contributed by atoms with Crippen LogP contribution in [0, 0.1) is 5.41 Å². The van der Waals surface area contributed by atoms with E-state index in [1.807, 2.05) is 23.1 Å². The van der Waals surface area contributed by atoms with Gasteiger partial charge in [-0.3, -0.25) is 10.2 Å². The number of ether oxygens (including phenoxy) is 1. The molecular weight excluding hydrogens is 660 g/mol. The van der Waals surface area contributed by atoms with E-state index in [9.17, 15) is 18.0 Å². The number of carbonyl (C=O) groups excluding carboxylic acids is 1. The zero-order chi connectivity index (χ0) is 35.3. The minimum absolute atomic E-state index is 0. The van der Waals surface area contributed by atoms with Gasteiger partial charge in [0.2, 0.25) is 0 Å². The molecule has 0 unspecified atom stereocenters. The Morgan fingerprint density at radius 3 is 2.18 bits per heavy atom. The average Bonchev–Trinajstić information content (AvgIpc) is 3.08. The molecule has 1 aliphatic rings. The van der Waals surface area contributed by atoms with Gasteiger partial charge in [-0.15, -0.1) is 0 Å². The molecule has 49 heavy (non-hydrogen) atoms. The van der Waals surface area contributed by atoms with E-state index in [2.05, 4.69) is 51.7 Å². The second-order valence-electron chi connectivity index (χ2n) is 11.6. The van der Waals surface area contributed by atoms with Gasteiger partial charge >= 0.3 is 16.4 Å². The number of aliphatic carboxylic acids is 1. The number of likely N-dealkylation sites (tertiary alicyclic amines) is 1. The monoisotopic (exact) mass is 708 g/mol. The lowest BCUT2D eigenvalue weighted by Crippen LogP contribution is -2.37. The van der Waals surface area contributed by atoms with Crippen molar-refractivity contribution in [3.63, 3.8) is 0 Å². The van der Waals surface area contributed by atoms with Crippen LogP contribution in [0.4, 0.5) is 5.69 Å². The smallest absolute Gasteiger partial charge is 0.452 e. The minimum atomic E-state index is -4.55. The Morgan fingerprint density at radius 1 is 1.00 bits per heavy atom. The molecule has 3 aromatic rings. The Bertz CT molecular complexity index is 1630. The fourth-order valence-electron chi connectivity index (χ4n) is 5.37. The number of piperidine rings is 1. The zero-order valence-corrected chi connectivity index (χ0v) is 28.1. The summed E-state index contributed by atoms with van der Waals surface area (Å²) < 4.78 is 29.4. The number of hydrogen-bond donors (Lipinski definition) is 5. The van der Waals surface area contributed by atoms with E-state index >= 15 is 0 Å². The predicted octanol–water partition coefficient (Wildman–Crippen LogP) is 3.72. The van der Waals surface area contributed by atoms with E-state index < -0.39 is 23.0 Å². The highest BCUT2D eigenvalue weighted by Crippen LogP contribution is 2.29. The molecule has 4 rings (SSSR count). The molecule has 272 valence electrons. The number of carboxylic acids is 1. The van der Waals surface area contributed by atoms with Crippen LogP contribution in [-0.4, -0.2) is 84.3 Å². The lowest BCUT2D eigenvalue weighted by molar-refractivity contribution is -0.198. The number of carboxylic acid groups (broad SMARTS) is 1. The fraction of sp³-hybridized carbons (Fsp3) is 0.364. The molecule has 0 atom stereocenters. The van der Waals surface area contributed by atoms with Crippen molar-refractivity contribution in [3.8, 4) is 5.75 Å². The summed E-state index contributed by atoms with van der Waals surface area (Å²) in [5.74, 6) is -0.0162. The molecule has 1 fully saturated rings. The van der Waals surface area contributed by atoms with Crippen molar-refractivity contribution in [3.05, 3.63) is 95.1 Å². The highest BCUT2D eigenvalue weighted by Gasteiger charge is 2.22. The molecule has 1 saturated heterocycles. The van der Waals surface area contributed by atoms with Crippen LogP contribution < -0.4 is 15.4 Å². The van der Waals surface area contributed by atoms with Gasteiger partial charge in [-0.05, 0) is 86.7 Å². The van der Waals surface area contributed by atoms with E-state index in [0.29, 0.717) is 36.2 Å². The number of nitrogens with two attached hydrogens (primary N) is 1. The third-order valence-corrected chi connectivity index (χ3v) is 8.18. The maximum absolute atomic E-state index is 13.3. The van der Waals surface area contributed by atoms with Crippen LogP contribution in [0.15, 0.2) is 72.8 Å². The van der Waals surface area contributed by atoms with Crippen LogP contribution in [0.25, 0.3) is 0 Å². The lowest BCUT2D eigenvalue weighted by Gasteiger charge is -2.34. The van der Waals surface area contributed by atoms with E-state index in [-0.39, 0.29) is 26.5 Å². The summed E-state index contributed by atoms with van der Waals surface area (Å²) >= 11 is 0. The second kappa shape index (κ2) is 19.5. The Morgan fingerprint density at radius 2 is 1.63 bits per heavy atom. The van der Waals surface area contributed by atoms with Crippen molar-refractivity contribution in [2.75, 3.05) is 31.1 Å². The third kappa shape index (κ3) is 13.5. The Hall–Kier alpha value is -4.42. The fourth-order valence-corrected chi connectivity index (χ4v) is 5.40. The molecular formula is C33H48N4O11S. The van der Waals surface area contributed by atoms with Gasteiger partial charge in [-0.2, -0.15) is 8.42 Å². The number of nitrogen functional groups attached to an aromatic ring is 1. The first-order valence-electron chi connectivity index (χ1n) is 15.2. The lowest BCUT2D eigenvalue weighted by atomic mass is 9.88. The van der Waals surface area contributed by atoms with Crippen molar-refractivity contribution < 1.29 is 55.4 Å². The number of benzene rings is 3. The predicted molar refractivity (Wildman–Crippen MR) is 186 cm³/mol. The van der Waals surface area contributed by atoms with Crippen LogP contribution in [0.1, 0.15) is 57.7 Å². The van der Waals surface area contributed by atoms with Gasteiger partial charge in [0, 0.05) is 33.1 Å². The first-order chi connectivity index (χ1) is 22.8.